The maximum absolute atomic E-state index is 2.43. The van der Waals surface area contributed by atoms with Crippen molar-refractivity contribution in [2.45, 2.75) is 38.8 Å². The lowest BCUT2D eigenvalue weighted by Crippen LogP contribution is -2.22. The van der Waals surface area contributed by atoms with Gasteiger partial charge in [-0.3, -0.25) is 0 Å². The van der Waals surface area contributed by atoms with Gasteiger partial charge in [-0.1, -0.05) is 13.3 Å². The van der Waals surface area contributed by atoms with E-state index in [1.54, 1.807) is 0 Å². The van der Waals surface area contributed by atoms with Crippen molar-refractivity contribution in [3.8, 4) is 0 Å². The number of hydrogen-bond donors (Lipinski definition) is 0. The zero-order valence-corrected chi connectivity index (χ0v) is 9.26. The zero-order chi connectivity index (χ0) is 8.41. The summed E-state index contributed by atoms with van der Waals surface area (Å²) in [6.07, 6.45) is 2.70. The lowest BCUT2D eigenvalue weighted by Gasteiger charge is -2.31. The highest BCUT2D eigenvalue weighted by Gasteiger charge is 2.38. The van der Waals surface area contributed by atoms with E-state index >= 15 is 0 Å². The summed E-state index contributed by atoms with van der Waals surface area (Å²) in [5, 5.41) is 0.599. The lowest BCUT2D eigenvalue weighted by atomic mass is 10.1. The molecule has 10 heavy (non-hydrogen) atoms. The Bertz CT molecular complexity index is 97.8. The first-order chi connectivity index (χ1) is 4.31. The van der Waals surface area contributed by atoms with E-state index in [0.29, 0.717) is 5.16 Å². The minimum atomic E-state index is -0.635. The molecule has 0 atom stereocenters. The molecule has 0 radical (unpaired) electrons. The first-order valence-electron chi connectivity index (χ1n) is 4.13. The topological polar surface area (TPSA) is 0 Å². The van der Waals surface area contributed by atoms with Gasteiger partial charge >= 0.3 is 0 Å². The molecule has 0 nitrogen and oxygen atoms in total. The third-order valence-electron chi connectivity index (χ3n) is 2.68. The summed E-state index contributed by atoms with van der Waals surface area (Å²) in [6, 6.07) is 0. The molecular formula is C9H22P+. The summed E-state index contributed by atoms with van der Waals surface area (Å²) in [5.74, 6) is 0. The Hall–Kier alpha value is 0.430. The Balaban J connectivity index is 4.10. The van der Waals surface area contributed by atoms with E-state index in [-0.39, 0.29) is 0 Å². The Morgan fingerprint density at radius 2 is 1.50 bits per heavy atom. The Kier molecular flexibility index (Phi) is 3.36. The van der Waals surface area contributed by atoms with Crippen LogP contribution in [0.15, 0.2) is 0 Å². The molecule has 0 rings (SSSR count). The van der Waals surface area contributed by atoms with E-state index in [4.69, 9.17) is 0 Å². The largest absolute Gasteiger partial charge is 0.0735 e. The Morgan fingerprint density at radius 1 is 1.10 bits per heavy atom. The molecule has 62 valence electrons. The molecule has 0 aliphatic rings. The van der Waals surface area contributed by atoms with Gasteiger partial charge in [0.1, 0.15) is 0 Å². The zero-order valence-electron chi connectivity index (χ0n) is 8.36. The third kappa shape index (κ3) is 2.58. The lowest BCUT2D eigenvalue weighted by molar-refractivity contribution is 0.611. The SMILES string of the molecule is CCCC(C)(C)[P+](C)(C)C. The number of hydrogen-bond acceptors (Lipinski definition) is 0. The van der Waals surface area contributed by atoms with E-state index in [0.717, 1.165) is 0 Å². The second kappa shape index (κ2) is 3.22. The van der Waals surface area contributed by atoms with E-state index in [1.807, 2.05) is 0 Å². The Morgan fingerprint density at radius 3 is 1.60 bits per heavy atom. The van der Waals surface area contributed by atoms with E-state index < -0.39 is 7.26 Å². The fraction of sp³-hybridized carbons (Fsp3) is 1.00. The van der Waals surface area contributed by atoms with Crippen LogP contribution < -0.4 is 0 Å². The van der Waals surface area contributed by atoms with Crippen molar-refractivity contribution < 1.29 is 0 Å². The van der Waals surface area contributed by atoms with Gasteiger partial charge in [-0.2, -0.15) is 0 Å². The van der Waals surface area contributed by atoms with Crippen LogP contribution in [0, 0.1) is 0 Å². The van der Waals surface area contributed by atoms with Crippen LogP contribution in [0.4, 0.5) is 0 Å². The van der Waals surface area contributed by atoms with Gasteiger partial charge in [0.2, 0.25) is 0 Å². The summed E-state index contributed by atoms with van der Waals surface area (Å²) in [5.41, 5.74) is 0. The summed E-state index contributed by atoms with van der Waals surface area (Å²) >= 11 is 0. The highest BCUT2D eigenvalue weighted by atomic mass is 31.2. The van der Waals surface area contributed by atoms with Crippen LogP contribution in [0.3, 0.4) is 0 Å². The van der Waals surface area contributed by atoms with Gasteiger partial charge in [0, 0.05) is 27.3 Å². The first kappa shape index (κ1) is 10.4. The van der Waals surface area contributed by atoms with Gasteiger partial charge in [0.05, 0.1) is 5.16 Å². The average Bonchev–Trinajstić information content (AvgIpc) is 1.61. The normalized spacial score (nSPS) is 13.8. The predicted molar refractivity (Wildman–Crippen MR) is 53.7 cm³/mol. The molecule has 0 saturated carbocycles. The molecule has 0 aliphatic heterocycles. The number of rotatable bonds is 3. The highest BCUT2D eigenvalue weighted by molar-refractivity contribution is 7.75. The summed E-state index contributed by atoms with van der Waals surface area (Å²) in [6.45, 7) is 14.4. The van der Waals surface area contributed by atoms with E-state index in [2.05, 4.69) is 40.8 Å². The molecular weight excluding hydrogens is 139 g/mol. The molecule has 0 bridgehead atoms. The monoisotopic (exact) mass is 161 g/mol. The molecule has 0 N–H and O–H groups in total. The van der Waals surface area contributed by atoms with Crippen molar-refractivity contribution in [3.05, 3.63) is 0 Å². The van der Waals surface area contributed by atoms with Gasteiger partial charge in [-0.15, -0.1) is 0 Å². The van der Waals surface area contributed by atoms with Crippen molar-refractivity contribution in [3.63, 3.8) is 0 Å². The van der Waals surface area contributed by atoms with Crippen molar-refractivity contribution in [2.75, 3.05) is 20.0 Å². The van der Waals surface area contributed by atoms with Crippen LogP contribution >= 0.6 is 7.26 Å². The van der Waals surface area contributed by atoms with E-state index in [9.17, 15) is 0 Å². The minimum absolute atomic E-state index is 0.599. The van der Waals surface area contributed by atoms with Gasteiger partial charge < -0.3 is 0 Å². The van der Waals surface area contributed by atoms with Crippen LogP contribution in [0.5, 0.6) is 0 Å². The van der Waals surface area contributed by atoms with Gasteiger partial charge in [-0.05, 0) is 20.3 Å². The molecule has 0 aromatic rings. The van der Waals surface area contributed by atoms with Crippen molar-refractivity contribution >= 4 is 7.26 Å². The predicted octanol–water partition coefficient (Wildman–Crippen LogP) is 3.47. The molecule has 0 aromatic heterocycles. The molecule has 0 unspecified atom stereocenters. The molecule has 1 heteroatoms. The van der Waals surface area contributed by atoms with Crippen LogP contribution in [-0.4, -0.2) is 25.2 Å². The van der Waals surface area contributed by atoms with Gasteiger partial charge in [-0.25, -0.2) is 0 Å². The van der Waals surface area contributed by atoms with Crippen molar-refractivity contribution in [1.29, 1.82) is 0 Å². The molecule has 0 spiro atoms. The molecule has 0 fully saturated rings. The van der Waals surface area contributed by atoms with Crippen LogP contribution in [0.2, 0.25) is 0 Å². The van der Waals surface area contributed by atoms with Crippen LogP contribution in [-0.2, 0) is 0 Å². The first-order valence-corrected chi connectivity index (χ1v) is 7.26. The summed E-state index contributed by atoms with van der Waals surface area (Å²) < 4.78 is 0. The quantitative estimate of drug-likeness (QED) is 0.556. The van der Waals surface area contributed by atoms with Crippen molar-refractivity contribution in [2.24, 2.45) is 0 Å². The maximum Gasteiger partial charge on any atom is 0.0735 e. The Labute approximate surface area is 66.7 Å². The van der Waals surface area contributed by atoms with Gasteiger partial charge in [0.25, 0.3) is 0 Å². The fourth-order valence-electron chi connectivity index (χ4n) is 0.947. The van der Waals surface area contributed by atoms with Crippen LogP contribution in [0.25, 0.3) is 0 Å². The molecule has 0 saturated heterocycles. The second-order valence-electron chi connectivity index (χ2n) is 4.57. The highest BCUT2D eigenvalue weighted by Crippen LogP contribution is 2.61. The summed E-state index contributed by atoms with van der Waals surface area (Å²) in [4.78, 5) is 0. The second-order valence-corrected chi connectivity index (χ2v) is 9.81. The molecule has 0 heterocycles. The minimum Gasteiger partial charge on any atom is -0.0652 e. The molecule has 0 aliphatic carbocycles. The smallest absolute Gasteiger partial charge is 0.0652 e. The van der Waals surface area contributed by atoms with Gasteiger partial charge in [0.15, 0.2) is 0 Å². The standard InChI is InChI=1S/C9H22P/c1-7-8-9(2,3)10(4,5)6/h7-8H2,1-6H3/q+1. The van der Waals surface area contributed by atoms with E-state index in [1.165, 1.54) is 12.8 Å². The summed E-state index contributed by atoms with van der Waals surface area (Å²) in [7, 11) is -0.635. The van der Waals surface area contributed by atoms with Crippen LogP contribution in [0.1, 0.15) is 33.6 Å². The molecule has 0 amide bonds. The van der Waals surface area contributed by atoms with Crippen molar-refractivity contribution in [1.82, 2.24) is 0 Å². The third-order valence-corrected chi connectivity index (χ3v) is 6.53. The molecule has 0 aromatic carbocycles. The average molecular weight is 161 g/mol. The maximum atomic E-state index is 2.43. The fourth-order valence-corrected chi connectivity index (χ4v) is 1.84.